The molecule has 0 saturated heterocycles. The smallest absolute Gasteiger partial charge is 0.263 e. The SMILES string of the molecule is Cc1cccc(-n2ncc3c(=O)[nH]c(-n4nc(C)cc4NC(=O)Cc4cccs4)nc32)c1. The van der Waals surface area contributed by atoms with Crippen LogP contribution in [0.1, 0.15) is 16.1 Å². The van der Waals surface area contributed by atoms with Crippen molar-refractivity contribution in [2.75, 3.05) is 5.32 Å². The first kappa shape index (κ1) is 19.9. The topological polar surface area (TPSA) is 110 Å². The Kier molecular flexibility index (Phi) is 4.91. The summed E-state index contributed by atoms with van der Waals surface area (Å²) in [7, 11) is 0. The van der Waals surface area contributed by atoms with E-state index in [1.54, 1.807) is 17.7 Å². The third-order valence-electron chi connectivity index (χ3n) is 4.89. The standard InChI is InChI=1S/C22H19N7O2S/c1-13-5-3-6-15(9-13)28-20-17(12-23-28)21(31)26-22(25-20)29-18(10-14(2)27-29)24-19(30)11-16-7-4-8-32-16/h3-10,12H,11H2,1-2H3,(H,24,30)(H,25,26,31). The number of carbonyl (C=O) groups is 1. The Hall–Kier alpha value is -4.05. The van der Waals surface area contributed by atoms with Crippen molar-refractivity contribution < 1.29 is 4.79 Å². The molecule has 160 valence electrons. The van der Waals surface area contributed by atoms with Crippen LogP contribution in [0.4, 0.5) is 5.82 Å². The van der Waals surface area contributed by atoms with Gasteiger partial charge in [-0.1, -0.05) is 18.2 Å². The second kappa shape index (κ2) is 7.89. The highest BCUT2D eigenvalue weighted by Gasteiger charge is 2.17. The van der Waals surface area contributed by atoms with E-state index in [1.165, 1.54) is 22.2 Å². The van der Waals surface area contributed by atoms with Crippen LogP contribution in [0.2, 0.25) is 0 Å². The monoisotopic (exact) mass is 445 g/mol. The van der Waals surface area contributed by atoms with Crippen molar-refractivity contribution in [1.82, 2.24) is 29.5 Å². The third-order valence-corrected chi connectivity index (χ3v) is 5.76. The van der Waals surface area contributed by atoms with Gasteiger partial charge in [-0.05, 0) is 43.0 Å². The van der Waals surface area contributed by atoms with E-state index < -0.39 is 0 Å². The zero-order valence-corrected chi connectivity index (χ0v) is 18.2. The van der Waals surface area contributed by atoms with E-state index in [9.17, 15) is 9.59 Å². The number of hydrogen-bond acceptors (Lipinski definition) is 6. The molecule has 0 saturated carbocycles. The van der Waals surface area contributed by atoms with Crippen LogP contribution in [-0.2, 0) is 11.2 Å². The number of aryl methyl sites for hydroxylation is 2. The van der Waals surface area contributed by atoms with Crippen molar-refractivity contribution in [3.8, 4) is 11.6 Å². The lowest BCUT2D eigenvalue weighted by Crippen LogP contribution is -2.19. The van der Waals surface area contributed by atoms with Gasteiger partial charge < -0.3 is 5.32 Å². The highest BCUT2D eigenvalue weighted by atomic mass is 32.1. The Labute approximate surface area is 186 Å². The quantitative estimate of drug-likeness (QED) is 0.432. The Morgan fingerprint density at radius 1 is 1.16 bits per heavy atom. The number of nitrogens with one attached hydrogen (secondary N) is 2. The first-order chi connectivity index (χ1) is 15.5. The first-order valence-electron chi connectivity index (χ1n) is 9.92. The van der Waals surface area contributed by atoms with Gasteiger partial charge in [0, 0.05) is 10.9 Å². The average molecular weight is 446 g/mol. The van der Waals surface area contributed by atoms with Gasteiger partial charge in [0.1, 0.15) is 11.2 Å². The molecule has 5 rings (SSSR count). The van der Waals surface area contributed by atoms with E-state index in [0.717, 1.165) is 16.1 Å². The maximum absolute atomic E-state index is 12.8. The molecule has 1 aromatic carbocycles. The Morgan fingerprint density at radius 3 is 2.81 bits per heavy atom. The van der Waals surface area contributed by atoms with Crippen LogP contribution in [0.3, 0.4) is 0 Å². The summed E-state index contributed by atoms with van der Waals surface area (Å²) in [6.45, 7) is 3.79. The van der Waals surface area contributed by atoms with Gasteiger partial charge in [0.05, 0.1) is 24.0 Å². The fraction of sp³-hybridized carbons (Fsp3) is 0.136. The molecule has 0 unspecified atom stereocenters. The number of carbonyl (C=O) groups excluding carboxylic acids is 1. The molecule has 0 spiro atoms. The minimum absolute atomic E-state index is 0.179. The minimum atomic E-state index is -0.340. The summed E-state index contributed by atoms with van der Waals surface area (Å²) < 4.78 is 3.04. The predicted molar refractivity (Wildman–Crippen MR) is 123 cm³/mol. The Balaban J connectivity index is 1.56. The number of fused-ring (bicyclic) bond motifs is 1. The van der Waals surface area contributed by atoms with E-state index in [0.29, 0.717) is 22.5 Å². The van der Waals surface area contributed by atoms with Gasteiger partial charge in [0.2, 0.25) is 11.9 Å². The van der Waals surface area contributed by atoms with E-state index >= 15 is 0 Å². The molecule has 9 nitrogen and oxygen atoms in total. The molecule has 1 amide bonds. The summed E-state index contributed by atoms with van der Waals surface area (Å²) in [4.78, 5) is 33.6. The molecule has 0 aliphatic carbocycles. The number of hydrogen-bond donors (Lipinski definition) is 2. The molecular weight excluding hydrogens is 426 g/mol. The molecule has 0 radical (unpaired) electrons. The van der Waals surface area contributed by atoms with Gasteiger partial charge in [-0.2, -0.15) is 19.9 Å². The molecule has 0 aliphatic heterocycles. The molecule has 0 bridgehead atoms. The summed E-state index contributed by atoms with van der Waals surface area (Å²) in [5, 5.41) is 13.9. The number of amides is 1. The van der Waals surface area contributed by atoms with Crippen molar-refractivity contribution >= 4 is 34.1 Å². The molecule has 2 N–H and O–H groups in total. The number of aromatic amines is 1. The lowest BCUT2D eigenvalue weighted by Gasteiger charge is -2.09. The van der Waals surface area contributed by atoms with Crippen molar-refractivity contribution in [3.63, 3.8) is 0 Å². The maximum atomic E-state index is 12.8. The van der Waals surface area contributed by atoms with Crippen LogP contribution in [0.15, 0.2) is 58.8 Å². The van der Waals surface area contributed by atoms with Crippen molar-refractivity contribution in [1.29, 1.82) is 0 Å². The van der Waals surface area contributed by atoms with E-state index in [-0.39, 0.29) is 23.8 Å². The predicted octanol–water partition coefficient (Wildman–Crippen LogP) is 3.15. The molecule has 0 aliphatic rings. The fourth-order valence-corrected chi connectivity index (χ4v) is 4.17. The minimum Gasteiger partial charge on any atom is -0.310 e. The van der Waals surface area contributed by atoms with Crippen LogP contribution < -0.4 is 10.9 Å². The summed E-state index contributed by atoms with van der Waals surface area (Å²) in [6, 6.07) is 13.3. The molecule has 5 aromatic rings. The summed E-state index contributed by atoms with van der Waals surface area (Å²) in [5.74, 6) is 0.437. The number of rotatable bonds is 5. The zero-order chi connectivity index (χ0) is 22.2. The second-order valence-electron chi connectivity index (χ2n) is 7.41. The van der Waals surface area contributed by atoms with Gasteiger partial charge in [0.15, 0.2) is 5.65 Å². The van der Waals surface area contributed by atoms with E-state index in [2.05, 4.69) is 25.5 Å². The number of nitrogens with zero attached hydrogens (tertiary/aromatic N) is 5. The molecule has 4 heterocycles. The first-order valence-corrected chi connectivity index (χ1v) is 10.8. The van der Waals surface area contributed by atoms with Gasteiger partial charge in [-0.25, -0.2) is 4.68 Å². The molecule has 0 atom stereocenters. The average Bonchev–Trinajstić information content (AvgIpc) is 3.48. The highest BCUT2D eigenvalue weighted by Crippen LogP contribution is 2.19. The summed E-state index contributed by atoms with van der Waals surface area (Å²) in [6.07, 6.45) is 1.75. The Morgan fingerprint density at radius 2 is 2.03 bits per heavy atom. The number of anilines is 1. The van der Waals surface area contributed by atoms with Crippen LogP contribution in [0, 0.1) is 13.8 Å². The van der Waals surface area contributed by atoms with Crippen LogP contribution in [0.25, 0.3) is 22.7 Å². The zero-order valence-electron chi connectivity index (χ0n) is 17.4. The van der Waals surface area contributed by atoms with Crippen molar-refractivity contribution in [2.45, 2.75) is 20.3 Å². The molecule has 4 aromatic heterocycles. The number of thiophene rings is 1. The second-order valence-corrected chi connectivity index (χ2v) is 8.44. The normalized spacial score (nSPS) is 11.2. The highest BCUT2D eigenvalue weighted by molar-refractivity contribution is 7.10. The van der Waals surface area contributed by atoms with Gasteiger partial charge in [-0.15, -0.1) is 11.3 Å². The lowest BCUT2D eigenvalue weighted by molar-refractivity contribution is -0.115. The maximum Gasteiger partial charge on any atom is 0.263 e. The van der Waals surface area contributed by atoms with Crippen LogP contribution in [0.5, 0.6) is 0 Å². The van der Waals surface area contributed by atoms with Gasteiger partial charge in [0.25, 0.3) is 5.56 Å². The number of H-pyrrole nitrogens is 1. The third kappa shape index (κ3) is 3.71. The van der Waals surface area contributed by atoms with Crippen LogP contribution in [-0.4, -0.2) is 35.4 Å². The molecule has 0 fully saturated rings. The largest absolute Gasteiger partial charge is 0.310 e. The van der Waals surface area contributed by atoms with Crippen molar-refractivity contribution in [3.05, 3.63) is 80.5 Å². The fourth-order valence-electron chi connectivity index (χ4n) is 3.46. The van der Waals surface area contributed by atoms with E-state index in [4.69, 9.17) is 0 Å². The number of benzene rings is 1. The lowest BCUT2D eigenvalue weighted by atomic mass is 10.2. The summed E-state index contributed by atoms with van der Waals surface area (Å²) >= 11 is 1.52. The molecular formula is C22H19N7O2S. The van der Waals surface area contributed by atoms with Crippen LogP contribution >= 0.6 is 11.3 Å². The Bertz CT molecular complexity index is 1490. The molecule has 32 heavy (non-hydrogen) atoms. The van der Waals surface area contributed by atoms with Gasteiger partial charge in [-0.3, -0.25) is 14.6 Å². The van der Waals surface area contributed by atoms with Gasteiger partial charge >= 0.3 is 0 Å². The summed E-state index contributed by atoms with van der Waals surface area (Å²) in [5.41, 5.74) is 2.59. The number of aromatic nitrogens is 6. The van der Waals surface area contributed by atoms with E-state index in [1.807, 2.05) is 48.7 Å². The van der Waals surface area contributed by atoms with Crippen molar-refractivity contribution in [2.24, 2.45) is 0 Å². The molecule has 10 heteroatoms.